The minimum absolute atomic E-state index is 0.0332. The van der Waals surface area contributed by atoms with Crippen molar-refractivity contribution in [3.63, 3.8) is 0 Å². The van der Waals surface area contributed by atoms with E-state index in [0.29, 0.717) is 17.0 Å². The molecular formula is C18H21N3O5S. The van der Waals surface area contributed by atoms with Crippen molar-refractivity contribution in [3.8, 4) is 5.75 Å². The molecule has 2 aromatic rings. The van der Waals surface area contributed by atoms with Gasteiger partial charge in [0.2, 0.25) is 15.9 Å². The molecule has 2 rings (SSSR count). The summed E-state index contributed by atoms with van der Waals surface area (Å²) in [7, 11) is -2.20. The van der Waals surface area contributed by atoms with E-state index in [1.165, 1.54) is 38.3 Å². The first-order valence-electron chi connectivity index (χ1n) is 8.11. The van der Waals surface area contributed by atoms with Crippen LogP contribution in [0.2, 0.25) is 0 Å². The number of anilines is 1. The summed E-state index contributed by atoms with van der Waals surface area (Å²) < 4.78 is 31.9. The first-order valence-corrected chi connectivity index (χ1v) is 9.60. The first-order chi connectivity index (χ1) is 12.8. The fraction of sp³-hybridized carbons (Fsp3) is 0.222. The van der Waals surface area contributed by atoms with Gasteiger partial charge in [-0.2, -0.15) is 0 Å². The molecule has 0 heterocycles. The zero-order valence-electron chi connectivity index (χ0n) is 15.0. The third-order valence-corrected chi connectivity index (χ3v) is 5.00. The van der Waals surface area contributed by atoms with Crippen LogP contribution in [0.3, 0.4) is 0 Å². The summed E-state index contributed by atoms with van der Waals surface area (Å²) >= 11 is 0. The van der Waals surface area contributed by atoms with Crippen LogP contribution in [0.25, 0.3) is 0 Å². The second-order valence-corrected chi connectivity index (χ2v) is 7.36. The second-order valence-electron chi connectivity index (χ2n) is 5.59. The van der Waals surface area contributed by atoms with E-state index >= 15 is 0 Å². The van der Waals surface area contributed by atoms with Gasteiger partial charge in [0.1, 0.15) is 5.75 Å². The number of nitrogens with one attached hydrogen (secondary N) is 3. The van der Waals surface area contributed by atoms with Crippen molar-refractivity contribution in [2.24, 2.45) is 0 Å². The lowest BCUT2D eigenvalue weighted by Gasteiger charge is -2.09. The average Bonchev–Trinajstić information content (AvgIpc) is 2.65. The Balaban J connectivity index is 1.86. The molecule has 0 aromatic heterocycles. The first kappa shape index (κ1) is 20.4. The molecule has 0 unspecified atom stereocenters. The molecule has 0 saturated heterocycles. The van der Waals surface area contributed by atoms with Gasteiger partial charge in [0, 0.05) is 31.3 Å². The van der Waals surface area contributed by atoms with Gasteiger partial charge < -0.3 is 15.4 Å². The van der Waals surface area contributed by atoms with Crippen LogP contribution >= 0.6 is 0 Å². The Morgan fingerprint density at radius 3 is 2.37 bits per heavy atom. The minimum Gasteiger partial charge on any atom is -0.497 e. The lowest BCUT2D eigenvalue weighted by Crippen LogP contribution is -2.34. The van der Waals surface area contributed by atoms with Crippen LogP contribution in [0.1, 0.15) is 17.3 Å². The van der Waals surface area contributed by atoms with Crippen LogP contribution in [-0.2, 0) is 14.8 Å². The number of carbonyl (C=O) groups is 2. The number of ether oxygens (including phenoxy) is 1. The predicted molar refractivity (Wildman–Crippen MR) is 101 cm³/mol. The highest BCUT2D eigenvalue weighted by atomic mass is 32.2. The number of hydrogen-bond acceptors (Lipinski definition) is 5. The van der Waals surface area contributed by atoms with Crippen molar-refractivity contribution >= 4 is 27.5 Å². The molecule has 2 amide bonds. The number of methoxy groups -OCH3 is 1. The summed E-state index contributed by atoms with van der Waals surface area (Å²) in [5.74, 6) is -0.00525. The SMILES string of the molecule is COc1cccc(C(=O)NCCNS(=O)(=O)c2ccc(NC(C)=O)cc2)c1. The van der Waals surface area contributed by atoms with E-state index in [0.717, 1.165) is 0 Å². The summed E-state index contributed by atoms with van der Waals surface area (Å²) in [6.07, 6.45) is 0. The van der Waals surface area contributed by atoms with Crippen LogP contribution < -0.4 is 20.1 Å². The molecular weight excluding hydrogens is 370 g/mol. The Hall–Kier alpha value is -2.91. The molecule has 0 atom stereocenters. The van der Waals surface area contributed by atoms with E-state index < -0.39 is 10.0 Å². The molecule has 2 aromatic carbocycles. The molecule has 0 bridgehead atoms. The molecule has 8 nitrogen and oxygen atoms in total. The van der Waals surface area contributed by atoms with Gasteiger partial charge >= 0.3 is 0 Å². The minimum atomic E-state index is -3.71. The van der Waals surface area contributed by atoms with Gasteiger partial charge in [0.05, 0.1) is 12.0 Å². The smallest absolute Gasteiger partial charge is 0.251 e. The molecule has 3 N–H and O–H groups in total. The lowest BCUT2D eigenvalue weighted by molar-refractivity contribution is -0.114. The third-order valence-electron chi connectivity index (χ3n) is 3.52. The molecule has 0 aliphatic heterocycles. The van der Waals surface area contributed by atoms with Crippen LogP contribution in [-0.4, -0.2) is 40.4 Å². The van der Waals surface area contributed by atoms with Gasteiger partial charge in [-0.15, -0.1) is 0 Å². The van der Waals surface area contributed by atoms with Crippen LogP contribution in [0.4, 0.5) is 5.69 Å². The van der Waals surface area contributed by atoms with Crippen molar-refractivity contribution in [1.29, 1.82) is 0 Å². The Bertz CT molecular complexity index is 911. The van der Waals surface area contributed by atoms with Gasteiger partial charge in [0.15, 0.2) is 0 Å². The zero-order valence-corrected chi connectivity index (χ0v) is 15.8. The molecule has 27 heavy (non-hydrogen) atoms. The van der Waals surface area contributed by atoms with Crippen molar-refractivity contribution in [2.45, 2.75) is 11.8 Å². The second kappa shape index (κ2) is 9.15. The Kier molecular flexibility index (Phi) is 6.91. The monoisotopic (exact) mass is 391 g/mol. The molecule has 0 fully saturated rings. The summed E-state index contributed by atoms with van der Waals surface area (Å²) in [6, 6.07) is 12.4. The van der Waals surface area contributed by atoms with Gasteiger partial charge in [0.25, 0.3) is 5.91 Å². The molecule has 0 aliphatic rings. The highest BCUT2D eigenvalue weighted by Gasteiger charge is 2.13. The Labute approximate surface area is 158 Å². The number of carbonyl (C=O) groups excluding carboxylic acids is 2. The van der Waals surface area contributed by atoms with Gasteiger partial charge in [-0.05, 0) is 42.5 Å². The van der Waals surface area contributed by atoms with Crippen LogP contribution in [0, 0.1) is 0 Å². The van der Waals surface area contributed by atoms with Gasteiger partial charge in [-0.3, -0.25) is 9.59 Å². The zero-order chi connectivity index (χ0) is 19.9. The molecule has 9 heteroatoms. The summed E-state index contributed by atoms with van der Waals surface area (Å²) in [6.45, 7) is 1.52. The standard InChI is InChI=1S/C18H21N3O5S/c1-13(22)21-15-6-8-17(9-7-15)27(24,25)20-11-10-19-18(23)14-4-3-5-16(12-14)26-2/h3-9,12,20H,10-11H2,1-2H3,(H,19,23)(H,21,22). The average molecular weight is 391 g/mol. The highest BCUT2D eigenvalue weighted by Crippen LogP contribution is 2.14. The van der Waals surface area contributed by atoms with Gasteiger partial charge in [-0.1, -0.05) is 6.07 Å². The summed E-state index contributed by atoms with van der Waals surface area (Å²) in [4.78, 5) is 23.1. The lowest BCUT2D eigenvalue weighted by atomic mass is 10.2. The summed E-state index contributed by atoms with van der Waals surface area (Å²) in [5, 5.41) is 5.20. The molecule has 144 valence electrons. The maximum Gasteiger partial charge on any atom is 0.251 e. The maximum absolute atomic E-state index is 12.2. The number of rotatable bonds is 8. The van der Waals surface area contributed by atoms with Crippen molar-refractivity contribution in [3.05, 3.63) is 54.1 Å². The van der Waals surface area contributed by atoms with Crippen molar-refractivity contribution in [2.75, 3.05) is 25.5 Å². The van der Waals surface area contributed by atoms with Crippen molar-refractivity contribution < 1.29 is 22.7 Å². The molecule has 0 spiro atoms. The topological polar surface area (TPSA) is 114 Å². The van der Waals surface area contributed by atoms with E-state index in [9.17, 15) is 18.0 Å². The van der Waals surface area contributed by atoms with Gasteiger partial charge in [-0.25, -0.2) is 13.1 Å². The van der Waals surface area contributed by atoms with Crippen molar-refractivity contribution in [1.82, 2.24) is 10.0 Å². The van der Waals surface area contributed by atoms with E-state index in [1.807, 2.05) is 0 Å². The number of hydrogen-bond donors (Lipinski definition) is 3. The number of amides is 2. The Morgan fingerprint density at radius 1 is 1.04 bits per heavy atom. The molecule has 0 aliphatic carbocycles. The number of sulfonamides is 1. The molecule has 0 radical (unpaired) electrons. The third kappa shape index (κ3) is 6.08. The van der Waals surface area contributed by atoms with Crippen LogP contribution in [0.15, 0.2) is 53.4 Å². The summed E-state index contributed by atoms with van der Waals surface area (Å²) in [5.41, 5.74) is 0.928. The highest BCUT2D eigenvalue weighted by molar-refractivity contribution is 7.89. The predicted octanol–water partition coefficient (Wildman–Crippen LogP) is 1.36. The van der Waals surface area contributed by atoms with E-state index in [2.05, 4.69) is 15.4 Å². The largest absolute Gasteiger partial charge is 0.497 e. The fourth-order valence-electron chi connectivity index (χ4n) is 2.23. The Morgan fingerprint density at radius 2 is 1.74 bits per heavy atom. The normalized spacial score (nSPS) is 10.9. The molecule has 0 saturated carbocycles. The maximum atomic E-state index is 12.2. The van der Waals surface area contributed by atoms with Crippen LogP contribution in [0.5, 0.6) is 5.75 Å². The quantitative estimate of drug-likeness (QED) is 0.588. The number of benzene rings is 2. The van der Waals surface area contributed by atoms with E-state index in [1.54, 1.807) is 24.3 Å². The fourth-order valence-corrected chi connectivity index (χ4v) is 3.26. The van der Waals surface area contributed by atoms with E-state index in [-0.39, 0.29) is 29.8 Å². The van der Waals surface area contributed by atoms with E-state index in [4.69, 9.17) is 4.74 Å².